The van der Waals surface area contributed by atoms with Crippen molar-refractivity contribution in [2.24, 2.45) is 0 Å². The second kappa shape index (κ2) is 4.31. The van der Waals surface area contributed by atoms with Crippen LogP contribution in [-0.2, 0) is 0 Å². The molecule has 0 aliphatic rings. The molecule has 0 fully saturated rings. The first-order chi connectivity index (χ1) is 7.72. The molecular formula is C13H14N2O. The molecule has 16 heavy (non-hydrogen) atoms. The molecule has 3 heteroatoms. The molecule has 0 saturated heterocycles. The lowest BCUT2D eigenvalue weighted by Crippen LogP contribution is -1.93. The minimum absolute atomic E-state index is 0.177. The smallest absolute Gasteiger partial charge is 0.143 e. The number of aromatic nitrogens is 2. The molecule has 0 unspecified atom stereocenters. The predicted molar refractivity (Wildman–Crippen MR) is 65.3 cm³/mol. The Balaban J connectivity index is 2.64. The number of benzene rings is 1. The van der Waals surface area contributed by atoms with Crippen molar-refractivity contribution in [1.29, 1.82) is 0 Å². The standard InChI is InChI=1S/C13H14N2O/c1-3-4-6-10-9(2)14-11-7-5-8-12(16)13(11)15-10/h4-8,16H,3H2,1-2H3/b6-4-. The molecule has 1 N–H and O–H groups in total. The fourth-order valence-corrected chi connectivity index (χ4v) is 1.55. The molecule has 2 aromatic rings. The van der Waals surface area contributed by atoms with Crippen LogP contribution in [0.2, 0.25) is 0 Å². The monoisotopic (exact) mass is 214 g/mol. The largest absolute Gasteiger partial charge is 0.506 e. The zero-order valence-corrected chi connectivity index (χ0v) is 9.44. The van der Waals surface area contributed by atoms with Gasteiger partial charge in [0.1, 0.15) is 11.3 Å². The van der Waals surface area contributed by atoms with Crippen LogP contribution in [0.5, 0.6) is 5.75 Å². The summed E-state index contributed by atoms with van der Waals surface area (Å²) >= 11 is 0. The number of nitrogens with zero attached hydrogens (tertiary/aromatic N) is 2. The molecule has 0 aliphatic heterocycles. The summed E-state index contributed by atoms with van der Waals surface area (Å²) in [5.74, 6) is 0.177. The number of para-hydroxylation sites is 1. The fourth-order valence-electron chi connectivity index (χ4n) is 1.55. The Bertz CT molecular complexity index is 547. The van der Waals surface area contributed by atoms with E-state index in [0.29, 0.717) is 5.52 Å². The van der Waals surface area contributed by atoms with Gasteiger partial charge < -0.3 is 5.11 Å². The van der Waals surface area contributed by atoms with Crippen LogP contribution in [0.3, 0.4) is 0 Å². The van der Waals surface area contributed by atoms with Gasteiger partial charge in [0, 0.05) is 0 Å². The van der Waals surface area contributed by atoms with Crippen LogP contribution < -0.4 is 0 Å². The first-order valence-corrected chi connectivity index (χ1v) is 5.35. The van der Waals surface area contributed by atoms with Gasteiger partial charge in [0.05, 0.1) is 16.9 Å². The van der Waals surface area contributed by atoms with Gasteiger partial charge in [-0.15, -0.1) is 0 Å². The molecule has 1 aromatic carbocycles. The van der Waals surface area contributed by atoms with Gasteiger partial charge in [-0.3, -0.25) is 0 Å². The van der Waals surface area contributed by atoms with E-state index in [1.54, 1.807) is 12.1 Å². The van der Waals surface area contributed by atoms with Crippen LogP contribution in [0.25, 0.3) is 17.1 Å². The first-order valence-electron chi connectivity index (χ1n) is 5.35. The van der Waals surface area contributed by atoms with Crippen molar-refractivity contribution < 1.29 is 5.11 Å². The lowest BCUT2D eigenvalue weighted by molar-refractivity contribution is 0.480. The third kappa shape index (κ3) is 1.89. The zero-order chi connectivity index (χ0) is 11.5. The van der Waals surface area contributed by atoms with Crippen LogP contribution in [-0.4, -0.2) is 15.1 Å². The van der Waals surface area contributed by atoms with E-state index in [9.17, 15) is 5.11 Å². The van der Waals surface area contributed by atoms with Crippen LogP contribution in [0, 0.1) is 6.92 Å². The Labute approximate surface area is 94.5 Å². The summed E-state index contributed by atoms with van der Waals surface area (Å²) in [7, 11) is 0. The van der Waals surface area contributed by atoms with Gasteiger partial charge >= 0.3 is 0 Å². The first kappa shape index (κ1) is 10.6. The van der Waals surface area contributed by atoms with E-state index in [0.717, 1.165) is 23.3 Å². The van der Waals surface area contributed by atoms with Crippen molar-refractivity contribution >= 4 is 17.1 Å². The van der Waals surface area contributed by atoms with Crippen molar-refractivity contribution in [3.63, 3.8) is 0 Å². The Morgan fingerprint density at radius 2 is 2.12 bits per heavy atom. The summed E-state index contributed by atoms with van der Waals surface area (Å²) in [6.07, 6.45) is 4.93. The summed E-state index contributed by atoms with van der Waals surface area (Å²) in [5.41, 5.74) is 2.98. The maximum absolute atomic E-state index is 9.69. The SMILES string of the molecule is CC/C=C\c1nc2c(O)cccc2nc1C. The average Bonchev–Trinajstić information content (AvgIpc) is 2.27. The number of fused-ring (bicyclic) bond motifs is 1. The Kier molecular flexibility index (Phi) is 2.86. The van der Waals surface area contributed by atoms with Crippen LogP contribution in [0.15, 0.2) is 24.3 Å². The molecule has 2 rings (SSSR count). The number of phenols is 1. The number of phenolic OH excluding ortho intramolecular Hbond substituents is 1. The second-order valence-corrected chi connectivity index (χ2v) is 3.65. The van der Waals surface area contributed by atoms with Crippen molar-refractivity contribution in [3.8, 4) is 5.75 Å². The molecule has 0 atom stereocenters. The third-order valence-corrected chi connectivity index (χ3v) is 2.40. The van der Waals surface area contributed by atoms with E-state index in [-0.39, 0.29) is 5.75 Å². The normalized spacial score (nSPS) is 11.4. The number of aromatic hydroxyl groups is 1. The van der Waals surface area contributed by atoms with Gasteiger partial charge in [-0.2, -0.15) is 0 Å². The van der Waals surface area contributed by atoms with Crippen molar-refractivity contribution in [3.05, 3.63) is 35.7 Å². The minimum atomic E-state index is 0.177. The summed E-state index contributed by atoms with van der Waals surface area (Å²) in [4.78, 5) is 8.83. The number of hydrogen-bond donors (Lipinski definition) is 1. The van der Waals surface area contributed by atoms with E-state index in [2.05, 4.69) is 16.9 Å². The quantitative estimate of drug-likeness (QED) is 0.835. The summed E-state index contributed by atoms with van der Waals surface area (Å²) in [5, 5.41) is 9.69. The lowest BCUT2D eigenvalue weighted by Gasteiger charge is -2.03. The third-order valence-electron chi connectivity index (χ3n) is 2.40. The number of allylic oxidation sites excluding steroid dienone is 1. The highest BCUT2D eigenvalue weighted by Crippen LogP contribution is 2.22. The molecule has 0 radical (unpaired) electrons. The maximum Gasteiger partial charge on any atom is 0.143 e. The lowest BCUT2D eigenvalue weighted by atomic mass is 10.2. The van der Waals surface area contributed by atoms with Gasteiger partial charge in [-0.25, -0.2) is 9.97 Å². The summed E-state index contributed by atoms with van der Waals surface area (Å²) in [6.45, 7) is 3.99. The Morgan fingerprint density at radius 1 is 1.31 bits per heavy atom. The van der Waals surface area contributed by atoms with E-state index in [1.165, 1.54) is 0 Å². The zero-order valence-electron chi connectivity index (χ0n) is 9.44. The molecule has 0 amide bonds. The van der Waals surface area contributed by atoms with Gasteiger partial charge in [-0.05, 0) is 31.6 Å². The van der Waals surface area contributed by atoms with Crippen LogP contribution in [0.1, 0.15) is 24.7 Å². The number of aryl methyl sites for hydroxylation is 1. The summed E-state index contributed by atoms with van der Waals surface area (Å²) < 4.78 is 0. The molecule has 82 valence electrons. The van der Waals surface area contributed by atoms with E-state index >= 15 is 0 Å². The van der Waals surface area contributed by atoms with Crippen LogP contribution in [0.4, 0.5) is 0 Å². The topological polar surface area (TPSA) is 46.0 Å². The Hall–Kier alpha value is -1.90. The summed E-state index contributed by atoms with van der Waals surface area (Å²) in [6, 6.07) is 5.25. The second-order valence-electron chi connectivity index (χ2n) is 3.65. The highest BCUT2D eigenvalue weighted by atomic mass is 16.3. The van der Waals surface area contributed by atoms with Crippen LogP contribution >= 0.6 is 0 Å². The molecule has 3 nitrogen and oxygen atoms in total. The van der Waals surface area contributed by atoms with Crippen molar-refractivity contribution in [2.75, 3.05) is 0 Å². The molecule has 1 heterocycles. The highest BCUT2D eigenvalue weighted by molar-refractivity contribution is 5.81. The van der Waals surface area contributed by atoms with E-state index < -0.39 is 0 Å². The maximum atomic E-state index is 9.69. The molecule has 0 spiro atoms. The predicted octanol–water partition coefficient (Wildman–Crippen LogP) is 3.07. The average molecular weight is 214 g/mol. The minimum Gasteiger partial charge on any atom is -0.506 e. The van der Waals surface area contributed by atoms with Crippen molar-refractivity contribution in [2.45, 2.75) is 20.3 Å². The molecular weight excluding hydrogens is 200 g/mol. The fraction of sp³-hybridized carbons (Fsp3) is 0.231. The molecule has 0 bridgehead atoms. The highest BCUT2D eigenvalue weighted by Gasteiger charge is 2.05. The van der Waals surface area contributed by atoms with Gasteiger partial charge in [0.25, 0.3) is 0 Å². The Morgan fingerprint density at radius 3 is 2.88 bits per heavy atom. The number of hydrogen-bond acceptors (Lipinski definition) is 3. The molecule has 1 aromatic heterocycles. The van der Waals surface area contributed by atoms with Gasteiger partial charge in [0.2, 0.25) is 0 Å². The molecule has 0 aliphatic carbocycles. The van der Waals surface area contributed by atoms with E-state index in [4.69, 9.17) is 0 Å². The number of rotatable bonds is 2. The van der Waals surface area contributed by atoms with Gasteiger partial charge in [-0.1, -0.05) is 19.1 Å². The van der Waals surface area contributed by atoms with Gasteiger partial charge in [0.15, 0.2) is 0 Å². The molecule has 0 saturated carbocycles. The van der Waals surface area contributed by atoms with E-state index in [1.807, 2.05) is 25.1 Å². The van der Waals surface area contributed by atoms with Crippen molar-refractivity contribution in [1.82, 2.24) is 9.97 Å².